The Hall–Kier alpha value is -2.56. The van der Waals surface area contributed by atoms with Crippen LogP contribution in [0.15, 0.2) is 42.5 Å². The highest BCUT2D eigenvalue weighted by molar-refractivity contribution is 5.60. The van der Waals surface area contributed by atoms with Crippen molar-refractivity contribution in [2.75, 3.05) is 37.9 Å². The van der Waals surface area contributed by atoms with E-state index in [0.29, 0.717) is 0 Å². The molecule has 0 amide bonds. The van der Waals surface area contributed by atoms with Crippen molar-refractivity contribution in [1.82, 2.24) is 0 Å². The number of ether oxygens (including phenoxy) is 3. The van der Waals surface area contributed by atoms with Crippen LogP contribution in [-0.2, 0) is 0 Å². The van der Waals surface area contributed by atoms with Crippen LogP contribution in [-0.4, -0.2) is 33.4 Å². The van der Waals surface area contributed by atoms with E-state index < -0.39 is 0 Å². The third-order valence-corrected chi connectivity index (χ3v) is 3.41. The van der Waals surface area contributed by atoms with Crippen LogP contribution in [0, 0.1) is 0 Å². The zero-order valence-corrected chi connectivity index (χ0v) is 14.8. The highest BCUT2D eigenvalue weighted by Gasteiger charge is 2.06. The van der Waals surface area contributed by atoms with Crippen molar-refractivity contribution in [3.05, 3.63) is 42.5 Å². The van der Waals surface area contributed by atoms with E-state index in [1.807, 2.05) is 56.3 Å². The first-order valence-corrected chi connectivity index (χ1v) is 8.09. The molecular formula is C19H26N2O3. The average molecular weight is 330 g/mol. The summed E-state index contributed by atoms with van der Waals surface area (Å²) in [6.07, 6.45) is 0.145. The van der Waals surface area contributed by atoms with Crippen LogP contribution >= 0.6 is 0 Å². The molecule has 0 spiro atoms. The molecule has 0 aliphatic carbocycles. The lowest BCUT2D eigenvalue weighted by atomic mass is 10.2. The molecule has 0 unspecified atom stereocenters. The first-order chi connectivity index (χ1) is 11.6. The SMILES string of the molecule is COc1ccc(OC)c(NCCNc2ccccc2OC(C)C)c1. The maximum Gasteiger partial charge on any atom is 0.142 e. The average Bonchev–Trinajstić information content (AvgIpc) is 2.59. The van der Waals surface area contributed by atoms with Gasteiger partial charge in [-0.15, -0.1) is 0 Å². The van der Waals surface area contributed by atoms with Crippen LogP contribution < -0.4 is 24.8 Å². The van der Waals surface area contributed by atoms with Crippen molar-refractivity contribution in [2.45, 2.75) is 20.0 Å². The molecule has 0 aromatic heterocycles. The van der Waals surface area contributed by atoms with Gasteiger partial charge in [0.2, 0.25) is 0 Å². The second-order valence-corrected chi connectivity index (χ2v) is 5.58. The van der Waals surface area contributed by atoms with E-state index in [4.69, 9.17) is 14.2 Å². The first kappa shape index (κ1) is 17.8. The summed E-state index contributed by atoms with van der Waals surface area (Å²) in [5, 5.41) is 6.76. The highest BCUT2D eigenvalue weighted by Crippen LogP contribution is 2.29. The smallest absolute Gasteiger partial charge is 0.142 e. The van der Waals surface area contributed by atoms with E-state index in [9.17, 15) is 0 Å². The first-order valence-electron chi connectivity index (χ1n) is 8.09. The van der Waals surface area contributed by atoms with Crippen LogP contribution in [0.25, 0.3) is 0 Å². The number of anilines is 2. The number of rotatable bonds is 9. The van der Waals surface area contributed by atoms with Crippen molar-refractivity contribution < 1.29 is 14.2 Å². The molecule has 0 saturated carbocycles. The van der Waals surface area contributed by atoms with Crippen LogP contribution in [0.1, 0.15) is 13.8 Å². The fourth-order valence-corrected chi connectivity index (χ4v) is 2.32. The van der Waals surface area contributed by atoms with E-state index >= 15 is 0 Å². The Morgan fingerprint density at radius 2 is 1.54 bits per heavy atom. The van der Waals surface area contributed by atoms with Gasteiger partial charge in [-0.2, -0.15) is 0 Å². The molecule has 0 aliphatic rings. The van der Waals surface area contributed by atoms with Gasteiger partial charge in [-0.3, -0.25) is 0 Å². The Bertz CT molecular complexity index is 644. The lowest BCUT2D eigenvalue weighted by Gasteiger charge is -2.16. The number of methoxy groups -OCH3 is 2. The Labute approximate surface area is 143 Å². The van der Waals surface area contributed by atoms with Crippen LogP contribution in [0.2, 0.25) is 0 Å². The van der Waals surface area contributed by atoms with Crippen molar-refractivity contribution in [3.8, 4) is 17.2 Å². The summed E-state index contributed by atoms with van der Waals surface area (Å²) in [6.45, 7) is 5.53. The molecule has 5 heteroatoms. The standard InChI is InChI=1S/C19H26N2O3/c1-14(2)24-19-8-6-5-7-16(19)20-11-12-21-17-13-15(22-3)9-10-18(17)23-4/h5-10,13-14,20-21H,11-12H2,1-4H3. The molecule has 0 radical (unpaired) electrons. The third kappa shape index (κ3) is 4.98. The Kier molecular flexibility index (Phi) is 6.61. The molecule has 0 aliphatic heterocycles. The number of benzene rings is 2. The predicted molar refractivity (Wildman–Crippen MR) is 98.7 cm³/mol. The molecule has 0 fully saturated rings. The second kappa shape index (κ2) is 8.91. The van der Waals surface area contributed by atoms with Gasteiger partial charge in [0.05, 0.1) is 31.7 Å². The van der Waals surface area contributed by atoms with Gasteiger partial charge in [0.15, 0.2) is 0 Å². The number of para-hydroxylation sites is 2. The highest BCUT2D eigenvalue weighted by atomic mass is 16.5. The Morgan fingerprint density at radius 3 is 2.21 bits per heavy atom. The summed E-state index contributed by atoms with van der Waals surface area (Å²) < 4.78 is 16.4. The van der Waals surface area contributed by atoms with E-state index in [1.54, 1.807) is 14.2 Å². The van der Waals surface area contributed by atoms with Gasteiger partial charge >= 0.3 is 0 Å². The summed E-state index contributed by atoms with van der Waals surface area (Å²) in [6, 6.07) is 13.7. The molecule has 0 atom stereocenters. The molecule has 5 nitrogen and oxygen atoms in total. The van der Waals surface area contributed by atoms with E-state index in [0.717, 1.165) is 41.7 Å². The van der Waals surface area contributed by atoms with E-state index in [2.05, 4.69) is 10.6 Å². The molecule has 0 bridgehead atoms. The maximum absolute atomic E-state index is 5.81. The monoisotopic (exact) mass is 330 g/mol. The minimum atomic E-state index is 0.145. The van der Waals surface area contributed by atoms with Gasteiger partial charge < -0.3 is 24.8 Å². The van der Waals surface area contributed by atoms with Gasteiger partial charge in [-0.25, -0.2) is 0 Å². The van der Waals surface area contributed by atoms with Crippen molar-refractivity contribution >= 4 is 11.4 Å². The lowest BCUT2D eigenvalue weighted by Crippen LogP contribution is -2.15. The van der Waals surface area contributed by atoms with Crippen molar-refractivity contribution in [2.24, 2.45) is 0 Å². The molecule has 2 N–H and O–H groups in total. The van der Waals surface area contributed by atoms with Crippen molar-refractivity contribution in [1.29, 1.82) is 0 Å². The molecule has 2 rings (SSSR count). The Balaban J connectivity index is 1.92. The summed E-state index contributed by atoms with van der Waals surface area (Å²) >= 11 is 0. The molecule has 0 heterocycles. The van der Waals surface area contributed by atoms with Crippen LogP contribution in [0.5, 0.6) is 17.2 Å². The fourth-order valence-electron chi connectivity index (χ4n) is 2.32. The molecule has 24 heavy (non-hydrogen) atoms. The molecule has 0 saturated heterocycles. The normalized spacial score (nSPS) is 10.4. The molecule has 2 aromatic carbocycles. The van der Waals surface area contributed by atoms with E-state index in [-0.39, 0.29) is 6.10 Å². The van der Waals surface area contributed by atoms with Gasteiger partial charge in [-0.1, -0.05) is 12.1 Å². The van der Waals surface area contributed by atoms with Gasteiger partial charge in [0, 0.05) is 19.2 Å². The minimum Gasteiger partial charge on any atom is -0.497 e. The quantitative estimate of drug-likeness (QED) is 0.680. The third-order valence-electron chi connectivity index (χ3n) is 3.41. The van der Waals surface area contributed by atoms with Crippen molar-refractivity contribution in [3.63, 3.8) is 0 Å². The maximum atomic E-state index is 5.81. The predicted octanol–water partition coefficient (Wildman–Crippen LogP) is 4.02. The largest absolute Gasteiger partial charge is 0.497 e. The summed E-state index contributed by atoms with van der Waals surface area (Å²) in [5.41, 5.74) is 1.90. The minimum absolute atomic E-state index is 0.145. The molecule has 130 valence electrons. The zero-order chi connectivity index (χ0) is 17.4. The summed E-state index contributed by atoms with van der Waals surface area (Å²) in [7, 11) is 3.31. The number of hydrogen-bond acceptors (Lipinski definition) is 5. The van der Waals surface area contributed by atoms with Crippen LogP contribution in [0.3, 0.4) is 0 Å². The summed E-state index contributed by atoms with van der Waals surface area (Å²) in [4.78, 5) is 0. The number of hydrogen-bond donors (Lipinski definition) is 2. The van der Waals surface area contributed by atoms with Gasteiger partial charge in [0.25, 0.3) is 0 Å². The van der Waals surface area contributed by atoms with Gasteiger partial charge in [-0.05, 0) is 38.1 Å². The molecule has 2 aromatic rings. The zero-order valence-electron chi connectivity index (χ0n) is 14.8. The molecular weight excluding hydrogens is 304 g/mol. The summed E-state index contributed by atoms with van der Waals surface area (Å²) in [5.74, 6) is 2.45. The van der Waals surface area contributed by atoms with E-state index in [1.165, 1.54) is 0 Å². The van der Waals surface area contributed by atoms with Gasteiger partial charge in [0.1, 0.15) is 17.2 Å². The fraction of sp³-hybridized carbons (Fsp3) is 0.368. The second-order valence-electron chi connectivity index (χ2n) is 5.58. The Morgan fingerprint density at radius 1 is 0.833 bits per heavy atom. The number of nitrogens with one attached hydrogen (secondary N) is 2. The topological polar surface area (TPSA) is 51.8 Å². The van der Waals surface area contributed by atoms with Crippen LogP contribution in [0.4, 0.5) is 11.4 Å². The lowest BCUT2D eigenvalue weighted by molar-refractivity contribution is 0.243.